The van der Waals surface area contributed by atoms with Gasteiger partial charge < -0.3 is 15.2 Å². The van der Waals surface area contributed by atoms with Crippen molar-refractivity contribution in [3.05, 3.63) is 36.2 Å². The fraction of sp³-hybridized carbons (Fsp3) is 0.471. The summed E-state index contributed by atoms with van der Waals surface area (Å²) in [7, 11) is 0. The van der Waals surface area contributed by atoms with Crippen molar-refractivity contribution in [2.75, 3.05) is 18.6 Å². The molecule has 0 aliphatic carbocycles. The number of nitrogens with zero attached hydrogens (tertiary/aromatic N) is 4. The lowest BCUT2D eigenvalue weighted by Gasteiger charge is -2.34. The molecule has 24 heavy (non-hydrogen) atoms. The van der Waals surface area contributed by atoms with E-state index in [1.165, 1.54) is 0 Å². The minimum absolute atomic E-state index is 0.00594. The first kappa shape index (κ1) is 17.0. The number of nitrogens with two attached hydrogens (primary N) is 1. The lowest BCUT2D eigenvalue weighted by Crippen LogP contribution is -2.48. The minimum atomic E-state index is -0.437. The highest BCUT2D eigenvalue weighted by molar-refractivity contribution is 7.98. The SMILES string of the molecule is CSCC[C@H](N)C(=O)N1Cc2nnc(-c3ccccc3)n2[C@@H](C)C1. The lowest BCUT2D eigenvalue weighted by molar-refractivity contribution is -0.134. The molecule has 0 bridgehead atoms. The van der Waals surface area contributed by atoms with Gasteiger partial charge in [0, 0.05) is 12.1 Å². The number of amides is 1. The second kappa shape index (κ2) is 7.36. The largest absolute Gasteiger partial charge is 0.332 e. The van der Waals surface area contributed by atoms with Crippen LogP contribution in [0.1, 0.15) is 25.2 Å². The third-order valence-corrected chi connectivity index (χ3v) is 4.96. The van der Waals surface area contributed by atoms with E-state index >= 15 is 0 Å². The third kappa shape index (κ3) is 3.32. The Labute approximate surface area is 146 Å². The summed E-state index contributed by atoms with van der Waals surface area (Å²) in [5.74, 6) is 2.58. The molecule has 0 saturated heterocycles. The minimum Gasteiger partial charge on any atom is -0.332 e. The molecule has 0 saturated carbocycles. The number of carbonyl (C=O) groups excluding carboxylic acids is 1. The van der Waals surface area contributed by atoms with Crippen LogP contribution in [0.3, 0.4) is 0 Å². The fourth-order valence-corrected chi connectivity index (χ4v) is 3.57. The molecule has 1 aliphatic heterocycles. The predicted octanol–water partition coefficient (Wildman–Crippen LogP) is 1.93. The number of fused-ring (bicyclic) bond motifs is 1. The summed E-state index contributed by atoms with van der Waals surface area (Å²) in [4.78, 5) is 14.4. The highest BCUT2D eigenvalue weighted by Crippen LogP contribution is 2.27. The maximum absolute atomic E-state index is 12.6. The van der Waals surface area contributed by atoms with E-state index in [4.69, 9.17) is 5.73 Å². The Kier molecular flexibility index (Phi) is 5.20. The summed E-state index contributed by atoms with van der Waals surface area (Å²) in [5, 5.41) is 8.66. The van der Waals surface area contributed by atoms with Crippen molar-refractivity contribution >= 4 is 17.7 Å². The molecule has 0 spiro atoms. The molecule has 1 aromatic carbocycles. The van der Waals surface area contributed by atoms with Crippen LogP contribution in [0.25, 0.3) is 11.4 Å². The standard InChI is InChI=1S/C17H23N5OS/c1-12-10-21(17(23)14(18)8-9-24-2)11-15-19-20-16(22(12)15)13-6-4-3-5-7-13/h3-7,12,14H,8-11,18H2,1-2H3/t12-,14-/m0/s1. The molecule has 1 aromatic heterocycles. The Hall–Kier alpha value is -1.86. The summed E-state index contributed by atoms with van der Waals surface area (Å²) in [6, 6.07) is 9.70. The van der Waals surface area contributed by atoms with E-state index in [0.29, 0.717) is 19.5 Å². The topological polar surface area (TPSA) is 77.0 Å². The molecule has 128 valence electrons. The van der Waals surface area contributed by atoms with Crippen LogP contribution in [0.4, 0.5) is 0 Å². The number of hydrogen-bond acceptors (Lipinski definition) is 5. The van der Waals surface area contributed by atoms with Crippen molar-refractivity contribution in [2.45, 2.75) is 32.0 Å². The Morgan fingerprint density at radius 1 is 1.38 bits per heavy atom. The number of rotatable bonds is 5. The van der Waals surface area contributed by atoms with E-state index in [0.717, 1.165) is 23.0 Å². The van der Waals surface area contributed by atoms with Gasteiger partial charge in [-0.15, -0.1) is 10.2 Å². The second-order valence-electron chi connectivity index (χ2n) is 6.13. The molecule has 0 radical (unpaired) electrons. The maximum atomic E-state index is 12.6. The monoisotopic (exact) mass is 345 g/mol. The Balaban J connectivity index is 1.80. The number of hydrogen-bond donors (Lipinski definition) is 1. The van der Waals surface area contributed by atoms with Crippen LogP contribution in [0.2, 0.25) is 0 Å². The van der Waals surface area contributed by atoms with Crippen LogP contribution in [-0.2, 0) is 11.3 Å². The van der Waals surface area contributed by atoms with Crippen molar-refractivity contribution < 1.29 is 4.79 Å². The van der Waals surface area contributed by atoms with Gasteiger partial charge in [0.05, 0.1) is 18.6 Å². The number of benzene rings is 1. The summed E-state index contributed by atoms with van der Waals surface area (Å²) in [6.45, 7) is 3.19. The van der Waals surface area contributed by atoms with Crippen LogP contribution >= 0.6 is 11.8 Å². The summed E-state index contributed by atoms with van der Waals surface area (Å²) in [5.41, 5.74) is 7.09. The first-order valence-corrected chi connectivity index (χ1v) is 9.53. The van der Waals surface area contributed by atoms with Crippen molar-refractivity contribution in [2.24, 2.45) is 5.73 Å². The zero-order chi connectivity index (χ0) is 17.1. The smallest absolute Gasteiger partial charge is 0.239 e. The molecular weight excluding hydrogens is 322 g/mol. The Morgan fingerprint density at radius 2 is 2.12 bits per heavy atom. The number of thioether (sulfide) groups is 1. The van der Waals surface area contributed by atoms with Crippen molar-refractivity contribution in [3.8, 4) is 11.4 Å². The van der Waals surface area contributed by atoms with Gasteiger partial charge >= 0.3 is 0 Å². The zero-order valence-corrected chi connectivity index (χ0v) is 14.9. The summed E-state index contributed by atoms with van der Waals surface area (Å²) in [6.07, 6.45) is 2.72. The van der Waals surface area contributed by atoms with Crippen LogP contribution in [0, 0.1) is 0 Å². The normalized spacial score (nSPS) is 18.3. The number of carbonyl (C=O) groups is 1. The highest BCUT2D eigenvalue weighted by atomic mass is 32.2. The molecule has 7 heteroatoms. The van der Waals surface area contributed by atoms with E-state index in [9.17, 15) is 4.79 Å². The van der Waals surface area contributed by atoms with Crippen LogP contribution in [-0.4, -0.2) is 50.2 Å². The second-order valence-corrected chi connectivity index (χ2v) is 7.12. The molecule has 2 heterocycles. The van der Waals surface area contributed by atoms with Gasteiger partial charge in [0.25, 0.3) is 0 Å². The molecule has 0 unspecified atom stereocenters. The molecule has 2 N–H and O–H groups in total. The van der Waals surface area contributed by atoms with Crippen LogP contribution < -0.4 is 5.73 Å². The molecular formula is C17H23N5OS. The molecule has 1 amide bonds. The molecule has 2 atom stereocenters. The van der Waals surface area contributed by atoms with Gasteiger partial charge in [0.2, 0.25) is 5.91 Å². The van der Waals surface area contributed by atoms with Crippen LogP contribution in [0.5, 0.6) is 0 Å². The first-order chi connectivity index (χ1) is 11.6. The van der Waals surface area contributed by atoms with Gasteiger partial charge in [0.15, 0.2) is 11.6 Å². The molecule has 6 nitrogen and oxygen atoms in total. The summed E-state index contributed by atoms with van der Waals surface area (Å²) < 4.78 is 2.13. The average Bonchev–Trinajstić information content (AvgIpc) is 3.04. The quantitative estimate of drug-likeness (QED) is 0.896. The number of aromatic nitrogens is 3. The van der Waals surface area contributed by atoms with Gasteiger partial charge in [-0.2, -0.15) is 11.8 Å². The van der Waals surface area contributed by atoms with Gasteiger partial charge in [-0.25, -0.2) is 0 Å². The van der Waals surface area contributed by atoms with E-state index in [1.54, 1.807) is 11.8 Å². The molecule has 3 rings (SSSR count). The van der Waals surface area contributed by atoms with Crippen molar-refractivity contribution in [1.29, 1.82) is 0 Å². The van der Waals surface area contributed by atoms with Crippen molar-refractivity contribution in [1.82, 2.24) is 19.7 Å². The lowest BCUT2D eigenvalue weighted by atomic mass is 10.1. The van der Waals surface area contributed by atoms with E-state index in [-0.39, 0.29) is 11.9 Å². The Morgan fingerprint density at radius 3 is 2.83 bits per heavy atom. The van der Waals surface area contributed by atoms with Gasteiger partial charge in [-0.1, -0.05) is 30.3 Å². The van der Waals surface area contributed by atoms with E-state index in [2.05, 4.69) is 21.7 Å². The highest BCUT2D eigenvalue weighted by Gasteiger charge is 2.31. The fourth-order valence-electron chi connectivity index (χ4n) is 3.09. The van der Waals surface area contributed by atoms with Gasteiger partial charge in [-0.05, 0) is 25.4 Å². The summed E-state index contributed by atoms with van der Waals surface area (Å²) >= 11 is 1.71. The Bertz CT molecular complexity index is 702. The molecule has 0 fully saturated rings. The maximum Gasteiger partial charge on any atom is 0.239 e. The van der Waals surface area contributed by atoms with Gasteiger partial charge in [0.1, 0.15) is 0 Å². The average molecular weight is 345 g/mol. The van der Waals surface area contributed by atoms with Crippen molar-refractivity contribution in [3.63, 3.8) is 0 Å². The molecule has 2 aromatic rings. The predicted molar refractivity (Wildman–Crippen MR) is 96.6 cm³/mol. The van der Waals surface area contributed by atoms with E-state index < -0.39 is 6.04 Å². The van der Waals surface area contributed by atoms with E-state index in [1.807, 2.05) is 41.5 Å². The van der Waals surface area contributed by atoms with Gasteiger partial charge in [-0.3, -0.25) is 4.79 Å². The zero-order valence-electron chi connectivity index (χ0n) is 14.1. The third-order valence-electron chi connectivity index (χ3n) is 4.32. The van der Waals surface area contributed by atoms with Crippen LogP contribution in [0.15, 0.2) is 30.3 Å². The first-order valence-electron chi connectivity index (χ1n) is 8.14. The molecule has 1 aliphatic rings.